The van der Waals surface area contributed by atoms with Crippen LogP contribution in [0, 0.1) is 11.3 Å². The second-order valence-corrected chi connectivity index (χ2v) is 4.93. The molecule has 6 heteroatoms. The molecule has 1 N–H and O–H groups in total. The normalized spacial score (nSPS) is 11.1. The number of benzene rings is 1. The van der Waals surface area contributed by atoms with Crippen LogP contribution in [0.15, 0.2) is 47.7 Å². The minimum atomic E-state index is 0.102. The summed E-state index contributed by atoms with van der Waals surface area (Å²) in [5, 5.41) is 16.0. The Morgan fingerprint density at radius 3 is 2.82 bits per heavy atom. The van der Waals surface area contributed by atoms with Crippen LogP contribution in [0.2, 0.25) is 0 Å². The molecule has 0 amide bonds. The Kier molecular flexibility index (Phi) is 5.36. The number of nitriles is 1. The first-order chi connectivity index (χ1) is 10.7. The number of pyridine rings is 1. The van der Waals surface area contributed by atoms with E-state index in [1.807, 2.05) is 24.3 Å². The zero-order valence-corrected chi connectivity index (χ0v) is 12.3. The van der Waals surface area contributed by atoms with Gasteiger partial charge in [-0.25, -0.2) is 0 Å². The number of hydrogen-bond acceptors (Lipinski definition) is 4. The van der Waals surface area contributed by atoms with E-state index in [0.29, 0.717) is 5.69 Å². The Morgan fingerprint density at radius 2 is 2.14 bits per heavy atom. The molecular weight excluding hydrogens is 276 g/mol. The van der Waals surface area contributed by atoms with Gasteiger partial charge in [0.2, 0.25) is 0 Å². The lowest BCUT2D eigenvalue weighted by atomic mass is 10.1. The van der Waals surface area contributed by atoms with Crippen LogP contribution >= 0.6 is 0 Å². The van der Waals surface area contributed by atoms with Gasteiger partial charge >= 0.3 is 0 Å². The van der Waals surface area contributed by atoms with Gasteiger partial charge in [0.15, 0.2) is 0 Å². The molecule has 0 fully saturated rings. The molecule has 0 spiro atoms. The van der Waals surface area contributed by atoms with Crippen LogP contribution in [-0.2, 0) is 6.42 Å². The smallest absolute Gasteiger partial charge is 0.146 e. The van der Waals surface area contributed by atoms with Crippen molar-refractivity contribution in [2.75, 3.05) is 5.32 Å². The average molecular weight is 292 g/mol. The van der Waals surface area contributed by atoms with E-state index in [-0.39, 0.29) is 17.4 Å². The van der Waals surface area contributed by atoms with Crippen molar-refractivity contribution in [2.45, 2.75) is 25.8 Å². The van der Waals surface area contributed by atoms with Gasteiger partial charge in [0, 0.05) is 17.2 Å². The number of aryl methyl sites for hydroxylation is 1. The minimum Gasteiger partial charge on any atom is -0.381 e. The Balaban J connectivity index is 2.05. The summed E-state index contributed by atoms with van der Waals surface area (Å²) in [7, 11) is 0. The Morgan fingerprint density at radius 1 is 1.36 bits per heavy atom. The van der Waals surface area contributed by atoms with E-state index < -0.39 is 0 Å². The maximum Gasteiger partial charge on any atom is 0.146 e. The van der Waals surface area contributed by atoms with Crippen molar-refractivity contribution < 1.29 is 0 Å². The van der Waals surface area contributed by atoms with Gasteiger partial charge in [-0.05, 0) is 42.0 Å². The molecule has 0 bridgehead atoms. The van der Waals surface area contributed by atoms with Crippen LogP contribution in [0.4, 0.5) is 11.5 Å². The summed E-state index contributed by atoms with van der Waals surface area (Å²) in [4.78, 5) is 6.61. The van der Waals surface area contributed by atoms with Gasteiger partial charge < -0.3 is 5.32 Å². The Hall–Kier alpha value is -3.03. The Bertz CT molecular complexity index is 713. The van der Waals surface area contributed by atoms with Crippen molar-refractivity contribution in [3.8, 4) is 6.07 Å². The fraction of sp³-hybridized carbons (Fsp3) is 0.250. The Labute approximate surface area is 129 Å². The summed E-state index contributed by atoms with van der Waals surface area (Å²) in [5.41, 5.74) is 10.7. The molecule has 22 heavy (non-hydrogen) atoms. The van der Waals surface area contributed by atoms with E-state index in [1.54, 1.807) is 6.07 Å². The van der Waals surface area contributed by atoms with Gasteiger partial charge in [-0.2, -0.15) is 5.26 Å². The topological polar surface area (TPSA) is 97.5 Å². The number of nitrogens with one attached hydrogen (secondary N) is 1. The highest BCUT2D eigenvalue weighted by Gasteiger charge is 2.10. The number of rotatable bonds is 6. The number of aromatic nitrogens is 1. The van der Waals surface area contributed by atoms with E-state index in [0.717, 1.165) is 12.8 Å². The lowest BCUT2D eigenvalue weighted by molar-refractivity contribution is 0.706. The lowest BCUT2D eigenvalue weighted by Crippen LogP contribution is -2.17. The van der Waals surface area contributed by atoms with Crippen LogP contribution in [0.5, 0.6) is 0 Å². The molecule has 2 rings (SSSR count). The van der Waals surface area contributed by atoms with Crippen LogP contribution in [0.25, 0.3) is 10.4 Å². The predicted octanol–water partition coefficient (Wildman–Crippen LogP) is 4.33. The van der Waals surface area contributed by atoms with Crippen molar-refractivity contribution >= 4 is 11.5 Å². The van der Waals surface area contributed by atoms with Crippen molar-refractivity contribution in [1.82, 2.24) is 4.98 Å². The van der Waals surface area contributed by atoms with Crippen LogP contribution in [0.1, 0.15) is 24.5 Å². The zero-order valence-electron chi connectivity index (χ0n) is 12.3. The van der Waals surface area contributed by atoms with Gasteiger partial charge in [-0.1, -0.05) is 30.3 Å². The molecule has 0 saturated carbocycles. The summed E-state index contributed by atoms with van der Waals surface area (Å²) in [6, 6.07) is 14.2. The van der Waals surface area contributed by atoms with Crippen molar-refractivity contribution in [2.24, 2.45) is 5.11 Å². The summed E-state index contributed by atoms with van der Waals surface area (Å²) < 4.78 is 0. The number of azide groups is 1. The quantitative estimate of drug-likeness (QED) is 0.487. The standard InChI is InChI=1S/C16H16N6/c1-12(7-8-13-5-3-2-4-6-13)20-15-9-10-19-16(21-22-18)14(15)11-17/h2-6,9-10,12H,7-8H2,1H3,(H,19,20). The van der Waals surface area contributed by atoms with Crippen molar-refractivity contribution in [3.05, 3.63) is 64.2 Å². The van der Waals surface area contributed by atoms with Crippen LogP contribution < -0.4 is 5.32 Å². The first kappa shape index (κ1) is 15.4. The molecule has 1 aromatic carbocycles. The first-order valence-corrected chi connectivity index (χ1v) is 6.99. The van der Waals surface area contributed by atoms with Gasteiger partial charge in [-0.3, -0.25) is 4.98 Å². The maximum absolute atomic E-state index is 9.23. The number of hydrogen-bond donors (Lipinski definition) is 1. The molecule has 1 heterocycles. The average Bonchev–Trinajstić information content (AvgIpc) is 2.54. The summed E-state index contributed by atoms with van der Waals surface area (Å²) in [5.74, 6) is 0.102. The molecule has 0 aliphatic rings. The van der Waals surface area contributed by atoms with Gasteiger partial charge in [0.05, 0.1) is 5.69 Å². The molecule has 1 atom stereocenters. The summed E-state index contributed by atoms with van der Waals surface area (Å²) in [6.07, 6.45) is 3.40. The fourth-order valence-corrected chi connectivity index (χ4v) is 2.16. The van der Waals surface area contributed by atoms with Crippen LogP contribution in [0.3, 0.4) is 0 Å². The molecule has 6 nitrogen and oxygen atoms in total. The third kappa shape index (κ3) is 3.98. The number of nitrogens with zero attached hydrogens (tertiary/aromatic N) is 5. The van der Waals surface area contributed by atoms with Gasteiger partial charge in [0.25, 0.3) is 0 Å². The summed E-state index contributed by atoms with van der Waals surface area (Å²) in [6.45, 7) is 2.05. The largest absolute Gasteiger partial charge is 0.381 e. The van der Waals surface area contributed by atoms with E-state index in [4.69, 9.17) is 5.53 Å². The molecule has 0 aliphatic carbocycles. The first-order valence-electron chi connectivity index (χ1n) is 6.99. The maximum atomic E-state index is 9.23. The SMILES string of the molecule is CC(CCc1ccccc1)Nc1ccnc(N=[N+]=[N-])c1C#N. The molecular formula is C16H16N6. The fourth-order valence-electron chi connectivity index (χ4n) is 2.16. The second-order valence-electron chi connectivity index (χ2n) is 4.93. The van der Waals surface area contributed by atoms with E-state index in [9.17, 15) is 5.26 Å². The van der Waals surface area contributed by atoms with E-state index in [2.05, 4.69) is 39.4 Å². The van der Waals surface area contributed by atoms with Crippen molar-refractivity contribution in [3.63, 3.8) is 0 Å². The molecule has 0 aliphatic heterocycles. The second kappa shape index (κ2) is 7.67. The lowest BCUT2D eigenvalue weighted by Gasteiger charge is -2.16. The molecule has 1 unspecified atom stereocenters. The molecule has 1 aromatic heterocycles. The monoisotopic (exact) mass is 292 g/mol. The van der Waals surface area contributed by atoms with E-state index in [1.165, 1.54) is 11.8 Å². The molecule has 110 valence electrons. The third-order valence-electron chi connectivity index (χ3n) is 3.29. The van der Waals surface area contributed by atoms with Crippen molar-refractivity contribution in [1.29, 1.82) is 5.26 Å². The highest BCUT2D eigenvalue weighted by molar-refractivity contribution is 5.65. The molecule has 0 radical (unpaired) electrons. The van der Waals surface area contributed by atoms with E-state index >= 15 is 0 Å². The minimum absolute atomic E-state index is 0.102. The molecule has 2 aromatic rings. The van der Waals surface area contributed by atoms with Gasteiger partial charge in [0.1, 0.15) is 17.5 Å². The number of anilines is 1. The van der Waals surface area contributed by atoms with Gasteiger partial charge in [-0.15, -0.1) is 0 Å². The third-order valence-corrected chi connectivity index (χ3v) is 3.29. The highest BCUT2D eigenvalue weighted by Crippen LogP contribution is 2.24. The summed E-state index contributed by atoms with van der Waals surface area (Å²) >= 11 is 0. The zero-order chi connectivity index (χ0) is 15.8. The molecule has 0 saturated heterocycles. The highest BCUT2D eigenvalue weighted by atomic mass is 15.2. The van der Waals surface area contributed by atoms with Crippen LogP contribution in [-0.4, -0.2) is 11.0 Å². The predicted molar refractivity (Wildman–Crippen MR) is 85.6 cm³/mol.